The Labute approximate surface area is 83.7 Å². The van der Waals surface area contributed by atoms with Crippen LogP contribution >= 0.6 is 0 Å². The fourth-order valence-corrected chi connectivity index (χ4v) is 1.66. The van der Waals surface area contributed by atoms with E-state index >= 15 is 0 Å². The normalized spacial score (nSPS) is 11.5. The lowest BCUT2D eigenvalue weighted by Gasteiger charge is -2.06. The van der Waals surface area contributed by atoms with Crippen molar-refractivity contribution in [2.24, 2.45) is 7.05 Å². The number of hydrogen-bond donors (Lipinski definition) is 0. The topological polar surface area (TPSA) is 30.7 Å². The summed E-state index contributed by atoms with van der Waals surface area (Å²) in [4.78, 5) is 0. The number of aryl methyl sites for hydroxylation is 2. The molecule has 0 saturated carbocycles. The minimum absolute atomic E-state index is 0.549. The Balaban J connectivity index is 2.75. The third-order valence-corrected chi connectivity index (χ3v) is 2.60. The summed E-state index contributed by atoms with van der Waals surface area (Å²) in [7, 11) is 1.93. The highest BCUT2D eigenvalue weighted by atomic mass is 15.4. The molecule has 1 aromatic heterocycles. The van der Waals surface area contributed by atoms with Crippen molar-refractivity contribution in [1.82, 2.24) is 15.0 Å². The van der Waals surface area contributed by atoms with Crippen LogP contribution in [0.25, 0.3) is 11.0 Å². The Morgan fingerprint density at radius 3 is 2.64 bits per heavy atom. The maximum Gasteiger partial charge on any atom is 0.116 e. The highest BCUT2D eigenvalue weighted by Crippen LogP contribution is 2.22. The predicted octanol–water partition coefficient (Wildman–Crippen LogP) is 2.40. The number of benzene rings is 1. The fraction of sp³-hybridized carbons (Fsp3) is 0.455. The first-order valence-electron chi connectivity index (χ1n) is 4.89. The van der Waals surface area contributed by atoms with E-state index in [9.17, 15) is 0 Å². The van der Waals surface area contributed by atoms with Gasteiger partial charge in [-0.15, -0.1) is 5.10 Å². The molecule has 0 aliphatic heterocycles. The Hall–Kier alpha value is -1.38. The van der Waals surface area contributed by atoms with Gasteiger partial charge in [0.1, 0.15) is 5.52 Å². The Kier molecular flexibility index (Phi) is 2.02. The highest BCUT2D eigenvalue weighted by Gasteiger charge is 2.08. The van der Waals surface area contributed by atoms with E-state index in [1.165, 1.54) is 11.1 Å². The van der Waals surface area contributed by atoms with Crippen LogP contribution in [0.5, 0.6) is 0 Å². The standard InChI is InChI=1S/C11H15N3/c1-7(2)9-5-8(3)11-10(6-9)14(4)13-12-11/h5-7H,1-4H3. The van der Waals surface area contributed by atoms with Crippen LogP contribution in [0.4, 0.5) is 0 Å². The van der Waals surface area contributed by atoms with Crippen LogP contribution in [0.2, 0.25) is 0 Å². The van der Waals surface area contributed by atoms with E-state index < -0.39 is 0 Å². The summed E-state index contributed by atoms with van der Waals surface area (Å²) in [6, 6.07) is 4.37. The van der Waals surface area contributed by atoms with Crippen molar-refractivity contribution >= 4 is 11.0 Å². The zero-order valence-electron chi connectivity index (χ0n) is 9.07. The van der Waals surface area contributed by atoms with Crippen molar-refractivity contribution in [2.75, 3.05) is 0 Å². The van der Waals surface area contributed by atoms with Crippen LogP contribution < -0.4 is 0 Å². The van der Waals surface area contributed by atoms with Crippen LogP contribution in [-0.2, 0) is 7.05 Å². The lowest BCUT2D eigenvalue weighted by molar-refractivity contribution is 0.735. The van der Waals surface area contributed by atoms with Crippen molar-refractivity contribution in [3.8, 4) is 0 Å². The molecule has 0 saturated heterocycles. The second-order valence-corrected chi connectivity index (χ2v) is 4.07. The first-order valence-corrected chi connectivity index (χ1v) is 4.89. The van der Waals surface area contributed by atoms with Crippen LogP contribution in [0.3, 0.4) is 0 Å². The van der Waals surface area contributed by atoms with Crippen molar-refractivity contribution in [3.63, 3.8) is 0 Å². The number of rotatable bonds is 1. The van der Waals surface area contributed by atoms with Crippen LogP contribution in [-0.4, -0.2) is 15.0 Å². The Bertz CT molecular complexity index is 469. The predicted molar refractivity (Wildman–Crippen MR) is 57.3 cm³/mol. The second kappa shape index (κ2) is 3.08. The Morgan fingerprint density at radius 1 is 1.29 bits per heavy atom. The van der Waals surface area contributed by atoms with Gasteiger partial charge in [-0.25, -0.2) is 4.68 Å². The molecule has 2 aromatic rings. The van der Waals surface area contributed by atoms with E-state index in [0.717, 1.165) is 11.0 Å². The minimum atomic E-state index is 0.549. The van der Waals surface area contributed by atoms with E-state index in [2.05, 4.69) is 43.2 Å². The van der Waals surface area contributed by atoms with E-state index in [-0.39, 0.29) is 0 Å². The molecule has 1 heterocycles. The number of hydrogen-bond acceptors (Lipinski definition) is 2. The van der Waals surface area contributed by atoms with Gasteiger partial charge < -0.3 is 0 Å². The lowest BCUT2D eigenvalue weighted by Crippen LogP contribution is -1.93. The number of nitrogens with zero attached hydrogens (tertiary/aromatic N) is 3. The quantitative estimate of drug-likeness (QED) is 0.689. The van der Waals surface area contributed by atoms with E-state index in [4.69, 9.17) is 0 Å². The van der Waals surface area contributed by atoms with Gasteiger partial charge in [0.25, 0.3) is 0 Å². The molecule has 74 valence electrons. The molecule has 0 unspecified atom stereocenters. The molecule has 0 fully saturated rings. The molecule has 0 aliphatic rings. The zero-order chi connectivity index (χ0) is 10.3. The molecule has 1 aromatic carbocycles. The van der Waals surface area contributed by atoms with Crippen molar-refractivity contribution < 1.29 is 0 Å². The van der Waals surface area contributed by atoms with Crippen LogP contribution in [0.15, 0.2) is 12.1 Å². The molecule has 2 rings (SSSR count). The highest BCUT2D eigenvalue weighted by molar-refractivity contribution is 5.78. The Morgan fingerprint density at radius 2 is 2.00 bits per heavy atom. The van der Waals surface area contributed by atoms with Gasteiger partial charge in [0.05, 0.1) is 5.52 Å². The van der Waals surface area contributed by atoms with Gasteiger partial charge in [0.15, 0.2) is 0 Å². The van der Waals surface area contributed by atoms with E-state index in [0.29, 0.717) is 5.92 Å². The average Bonchev–Trinajstić information content (AvgIpc) is 2.48. The summed E-state index contributed by atoms with van der Waals surface area (Å²) in [5.41, 5.74) is 4.69. The van der Waals surface area contributed by atoms with E-state index in [1.807, 2.05) is 11.7 Å². The summed E-state index contributed by atoms with van der Waals surface area (Å²) in [6.07, 6.45) is 0. The first kappa shape index (κ1) is 9.19. The lowest BCUT2D eigenvalue weighted by atomic mass is 10.0. The molecule has 14 heavy (non-hydrogen) atoms. The smallest absolute Gasteiger partial charge is 0.116 e. The van der Waals surface area contributed by atoms with Gasteiger partial charge in [0, 0.05) is 7.05 Å². The van der Waals surface area contributed by atoms with Gasteiger partial charge in [-0.3, -0.25) is 0 Å². The molecule has 3 nitrogen and oxygen atoms in total. The number of fused-ring (bicyclic) bond motifs is 1. The summed E-state index contributed by atoms with van der Waals surface area (Å²) in [5.74, 6) is 0.549. The monoisotopic (exact) mass is 189 g/mol. The van der Waals surface area contributed by atoms with Crippen molar-refractivity contribution in [3.05, 3.63) is 23.3 Å². The van der Waals surface area contributed by atoms with Crippen LogP contribution in [0.1, 0.15) is 30.9 Å². The van der Waals surface area contributed by atoms with Gasteiger partial charge in [0.2, 0.25) is 0 Å². The molecule has 0 N–H and O–H groups in total. The molecule has 3 heteroatoms. The summed E-state index contributed by atoms with van der Waals surface area (Å²) in [6.45, 7) is 6.48. The third kappa shape index (κ3) is 1.29. The van der Waals surface area contributed by atoms with Gasteiger partial charge in [-0.2, -0.15) is 0 Å². The summed E-state index contributed by atoms with van der Waals surface area (Å²) in [5, 5.41) is 8.15. The average molecular weight is 189 g/mol. The van der Waals surface area contributed by atoms with Gasteiger partial charge >= 0.3 is 0 Å². The summed E-state index contributed by atoms with van der Waals surface area (Å²) < 4.78 is 1.83. The fourth-order valence-electron chi connectivity index (χ4n) is 1.66. The largest absolute Gasteiger partial charge is 0.248 e. The van der Waals surface area contributed by atoms with Crippen LogP contribution in [0, 0.1) is 6.92 Å². The molecule has 0 spiro atoms. The number of aromatic nitrogens is 3. The second-order valence-electron chi connectivity index (χ2n) is 4.07. The molecule has 0 atom stereocenters. The molecule has 0 bridgehead atoms. The first-order chi connectivity index (χ1) is 6.59. The molecular formula is C11H15N3. The van der Waals surface area contributed by atoms with Crippen molar-refractivity contribution in [1.29, 1.82) is 0 Å². The maximum absolute atomic E-state index is 4.13. The molecule has 0 radical (unpaired) electrons. The van der Waals surface area contributed by atoms with Gasteiger partial charge in [-0.1, -0.05) is 25.1 Å². The zero-order valence-corrected chi connectivity index (χ0v) is 9.07. The van der Waals surface area contributed by atoms with Gasteiger partial charge in [-0.05, 0) is 30.0 Å². The molecular weight excluding hydrogens is 174 g/mol. The van der Waals surface area contributed by atoms with Crippen molar-refractivity contribution in [2.45, 2.75) is 26.7 Å². The van der Waals surface area contributed by atoms with E-state index in [1.54, 1.807) is 0 Å². The SMILES string of the molecule is Cc1cc(C(C)C)cc2c1nnn2C. The third-order valence-electron chi connectivity index (χ3n) is 2.60. The minimum Gasteiger partial charge on any atom is -0.248 e. The maximum atomic E-state index is 4.13. The summed E-state index contributed by atoms with van der Waals surface area (Å²) >= 11 is 0. The molecule has 0 amide bonds. The molecule has 0 aliphatic carbocycles.